The van der Waals surface area contributed by atoms with Crippen molar-refractivity contribution in [1.29, 1.82) is 0 Å². The number of carbonyl (C=O) groups excluding carboxylic acids is 1. The van der Waals surface area contributed by atoms with Crippen molar-refractivity contribution in [3.05, 3.63) is 23.8 Å². The molecule has 1 fully saturated rings. The minimum absolute atomic E-state index is 0.247. The van der Waals surface area contributed by atoms with Gasteiger partial charge in [-0.05, 0) is 32.6 Å². The second kappa shape index (κ2) is 7.27. The maximum atomic E-state index is 11.0. The van der Waals surface area contributed by atoms with Gasteiger partial charge in [-0.15, -0.1) is 0 Å². The number of carbonyl (C=O) groups is 1. The van der Waals surface area contributed by atoms with Gasteiger partial charge in [-0.25, -0.2) is 4.79 Å². The molecule has 0 bridgehead atoms. The molecule has 0 heterocycles. The standard InChI is InChI=1S/C13H20O2/c1-2-15-13(14)11-7-10-12-8-5-3-4-6-9-12/h7,10-11H,2-6,8-9H2,1H3/b11-7+. The first-order chi connectivity index (χ1) is 7.33. The summed E-state index contributed by atoms with van der Waals surface area (Å²) in [6.45, 7) is 2.26. The van der Waals surface area contributed by atoms with Crippen LogP contribution in [0.15, 0.2) is 23.8 Å². The Bertz CT molecular complexity index is 241. The average Bonchev–Trinajstić information content (AvgIpc) is 2.47. The molecule has 0 radical (unpaired) electrons. The minimum Gasteiger partial charge on any atom is -0.463 e. The summed E-state index contributed by atoms with van der Waals surface area (Å²) in [7, 11) is 0. The van der Waals surface area contributed by atoms with Crippen LogP contribution in [0.25, 0.3) is 0 Å². The molecule has 1 aliphatic carbocycles. The van der Waals surface area contributed by atoms with E-state index in [-0.39, 0.29) is 5.97 Å². The molecule has 0 amide bonds. The summed E-state index contributed by atoms with van der Waals surface area (Å²) in [5, 5.41) is 0. The zero-order chi connectivity index (χ0) is 10.9. The normalized spacial score (nSPS) is 17.5. The predicted molar refractivity (Wildman–Crippen MR) is 61.6 cm³/mol. The summed E-state index contributed by atoms with van der Waals surface area (Å²) >= 11 is 0. The molecule has 1 saturated carbocycles. The third kappa shape index (κ3) is 5.40. The van der Waals surface area contributed by atoms with Crippen LogP contribution in [0, 0.1) is 0 Å². The molecule has 0 N–H and O–H groups in total. The van der Waals surface area contributed by atoms with E-state index >= 15 is 0 Å². The van der Waals surface area contributed by atoms with Crippen LogP contribution >= 0.6 is 0 Å². The summed E-state index contributed by atoms with van der Waals surface area (Å²) < 4.78 is 4.80. The zero-order valence-corrected chi connectivity index (χ0v) is 9.50. The van der Waals surface area contributed by atoms with Crippen molar-refractivity contribution in [2.45, 2.75) is 45.4 Å². The van der Waals surface area contributed by atoms with Gasteiger partial charge < -0.3 is 4.74 Å². The van der Waals surface area contributed by atoms with Gasteiger partial charge in [-0.2, -0.15) is 0 Å². The molecule has 0 aromatic heterocycles. The first-order valence-electron chi connectivity index (χ1n) is 5.86. The third-order valence-corrected chi connectivity index (χ3v) is 2.60. The van der Waals surface area contributed by atoms with E-state index in [0.717, 1.165) is 0 Å². The van der Waals surface area contributed by atoms with E-state index in [0.29, 0.717) is 6.61 Å². The smallest absolute Gasteiger partial charge is 0.330 e. The highest BCUT2D eigenvalue weighted by molar-refractivity contribution is 5.82. The SMILES string of the molecule is CCOC(=O)/C=C/C=C1CCCCCC1. The molecule has 1 aliphatic rings. The fourth-order valence-electron chi connectivity index (χ4n) is 1.80. The van der Waals surface area contributed by atoms with Gasteiger partial charge in [-0.1, -0.05) is 30.6 Å². The molecule has 15 heavy (non-hydrogen) atoms. The molecule has 0 aliphatic heterocycles. The lowest BCUT2D eigenvalue weighted by atomic mass is 10.1. The van der Waals surface area contributed by atoms with Crippen molar-refractivity contribution >= 4 is 5.97 Å². The van der Waals surface area contributed by atoms with Crippen molar-refractivity contribution < 1.29 is 9.53 Å². The number of allylic oxidation sites excluding steroid dienone is 3. The predicted octanol–water partition coefficient (Wildman–Crippen LogP) is 3.39. The van der Waals surface area contributed by atoms with Gasteiger partial charge in [0.15, 0.2) is 0 Å². The highest BCUT2D eigenvalue weighted by atomic mass is 16.5. The number of rotatable bonds is 3. The second-order valence-electron chi connectivity index (χ2n) is 3.85. The summed E-state index contributed by atoms with van der Waals surface area (Å²) in [5.41, 5.74) is 1.47. The van der Waals surface area contributed by atoms with Crippen LogP contribution in [0.3, 0.4) is 0 Å². The Morgan fingerprint density at radius 3 is 2.53 bits per heavy atom. The highest BCUT2D eigenvalue weighted by Gasteiger charge is 2.02. The Morgan fingerprint density at radius 2 is 1.93 bits per heavy atom. The average molecular weight is 208 g/mol. The van der Waals surface area contributed by atoms with Gasteiger partial charge in [0, 0.05) is 6.08 Å². The van der Waals surface area contributed by atoms with Crippen LogP contribution < -0.4 is 0 Å². The van der Waals surface area contributed by atoms with E-state index in [9.17, 15) is 4.79 Å². The largest absolute Gasteiger partial charge is 0.463 e. The first-order valence-corrected chi connectivity index (χ1v) is 5.86. The Kier molecular flexibility index (Phi) is 5.83. The topological polar surface area (TPSA) is 26.3 Å². The summed E-state index contributed by atoms with van der Waals surface area (Å²) in [6, 6.07) is 0. The van der Waals surface area contributed by atoms with Crippen LogP contribution in [0.4, 0.5) is 0 Å². The number of hydrogen-bond donors (Lipinski definition) is 0. The summed E-state index contributed by atoms with van der Waals surface area (Å²) in [5.74, 6) is -0.247. The van der Waals surface area contributed by atoms with Crippen LogP contribution in [-0.2, 0) is 9.53 Å². The van der Waals surface area contributed by atoms with Crippen molar-refractivity contribution in [3.63, 3.8) is 0 Å². The molecule has 0 aromatic carbocycles. The molecule has 0 unspecified atom stereocenters. The lowest BCUT2D eigenvalue weighted by Crippen LogP contribution is -1.98. The molecule has 1 rings (SSSR count). The number of ether oxygens (including phenoxy) is 1. The van der Waals surface area contributed by atoms with Gasteiger partial charge in [0.05, 0.1) is 6.61 Å². The highest BCUT2D eigenvalue weighted by Crippen LogP contribution is 2.21. The van der Waals surface area contributed by atoms with Gasteiger partial charge in [-0.3, -0.25) is 0 Å². The fraction of sp³-hybridized carbons (Fsp3) is 0.615. The molecule has 0 spiro atoms. The van der Waals surface area contributed by atoms with Gasteiger partial charge in [0.1, 0.15) is 0 Å². The molecule has 2 heteroatoms. The maximum Gasteiger partial charge on any atom is 0.330 e. The lowest BCUT2D eigenvalue weighted by Gasteiger charge is -1.99. The Labute approximate surface area is 92.0 Å². The minimum atomic E-state index is -0.247. The third-order valence-electron chi connectivity index (χ3n) is 2.60. The van der Waals surface area contributed by atoms with E-state index in [1.165, 1.54) is 50.2 Å². The molecule has 2 nitrogen and oxygen atoms in total. The number of esters is 1. The van der Waals surface area contributed by atoms with Crippen LogP contribution in [0.5, 0.6) is 0 Å². The Hall–Kier alpha value is -1.05. The van der Waals surface area contributed by atoms with E-state index in [4.69, 9.17) is 4.74 Å². The summed E-state index contributed by atoms with van der Waals surface area (Å²) in [6.07, 6.45) is 13.0. The van der Waals surface area contributed by atoms with Gasteiger partial charge in [0.2, 0.25) is 0 Å². The first kappa shape index (κ1) is 12.0. The van der Waals surface area contributed by atoms with E-state index < -0.39 is 0 Å². The van der Waals surface area contributed by atoms with E-state index in [2.05, 4.69) is 6.08 Å². The van der Waals surface area contributed by atoms with Crippen molar-refractivity contribution in [3.8, 4) is 0 Å². The second-order valence-corrected chi connectivity index (χ2v) is 3.85. The fourth-order valence-corrected chi connectivity index (χ4v) is 1.80. The lowest BCUT2D eigenvalue weighted by molar-refractivity contribution is -0.137. The molecule has 0 saturated heterocycles. The van der Waals surface area contributed by atoms with Crippen molar-refractivity contribution in [2.24, 2.45) is 0 Å². The van der Waals surface area contributed by atoms with Crippen LogP contribution in [0.2, 0.25) is 0 Å². The zero-order valence-electron chi connectivity index (χ0n) is 9.50. The van der Waals surface area contributed by atoms with Gasteiger partial charge >= 0.3 is 5.97 Å². The molecular formula is C13H20O2. The van der Waals surface area contributed by atoms with Crippen LogP contribution in [-0.4, -0.2) is 12.6 Å². The van der Waals surface area contributed by atoms with E-state index in [1.54, 1.807) is 0 Å². The molecule has 0 aromatic rings. The Balaban J connectivity index is 2.37. The van der Waals surface area contributed by atoms with E-state index in [1.807, 2.05) is 13.0 Å². The monoisotopic (exact) mass is 208 g/mol. The van der Waals surface area contributed by atoms with Crippen molar-refractivity contribution in [2.75, 3.05) is 6.61 Å². The maximum absolute atomic E-state index is 11.0. The number of hydrogen-bond acceptors (Lipinski definition) is 2. The van der Waals surface area contributed by atoms with Crippen molar-refractivity contribution in [1.82, 2.24) is 0 Å². The Morgan fingerprint density at radius 1 is 1.27 bits per heavy atom. The molecule has 0 atom stereocenters. The van der Waals surface area contributed by atoms with Gasteiger partial charge in [0.25, 0.3) is 0 Å². The van der Waals surface area contributed by atoms with Crippen LogP contribution in [0.1, 0.15) is 45.4 Å². The summed E-state index contributed by atoms with van der Waals surface area (Å²) in [4.78, 5) is 11.0. The molecular weight excluding hydrogens is 188 g/mol. The quantitative estimate of drug-likeness (QED) is 0.404. The molecule has 84 valence electrons.